The third kappa shape index (κ3) is 3.86. The Labute approximate surface area is 149 Å². The van der Waals surface area contributed by atoms with Crippen LogP contribution in [0.25, 0.3) is 0 Å². The summed E-state index contributed by atoms with van der Waals surface area (Å²) in [5.74, 6) is -0.478. The molecule has 2 aromatic carbocycles. The monoisotopic (exact) mass is 353 g/mol. The van der Waals surface area contributed by atoms with E-state index in [4.69, 9.17) is 10.5 Å². The molecule has 4 N–H and O–H groups in total. The molecule has 8 heteroatoms. The second-order valence-corrected chi connectivity index (χ2v) is 5.42. The maximum absolute atomic E-state index is 13.6. The van der Waals surface area contributed by atoms with E-state index in [1.807, 2.05) is 19.1 Å². The number of ether oxygens (including phenoxy) is 1. The van der Waals surface area contributed by atoms with Crippen LogP contribution in [0.15, 0.2) is 54.9 Å². The number of hydrogen-bond acceptors (Lipinski definition) is 6. The summed E-state index contributed by atoms with van der Waals surface area (Å²) in [6.07, 6.45) is 1.23. The van der Waals surface area contributed by atoms with Crippen molar-refractivity contribution in [3.63, 3.8) is 0 Å². The molecule has 1 aromatic heterocycles. The van der Waals surface area contributed by atoms with Gasteiger partial charge >= 0.3 is 0 Å². The Balaban J connectivity index is 1.72. The van der Waals surface area contributed by atoms with Crippen molar-refractivity contribution in [3.8, 4) is 11.6 Å². The highest BCUT2D eigenvalue weighted by atomic mass is 19.1. The lowest BCUT2D eigenvalue weighted by molar-refractivity contribution is 0.0958. The summed E-state index contributed by atoms with van der Waals surface area (Å²) in [4.78, 5) is 20.0. The standard InChI is InChI=1S/C18H16FN5O2/c1-11-6-8-12(9-7-11)26-18-15(20)16(21-10-22-18)23-24-17(25)13-4-2-3-5-14(13)19/h2-10H,20H2,1H3,(H,24,25)(H,21,22,23). The van der Waals surface area contributed by atoms with Gasteiger partial charge in [0.25, 0.3) is 5.91 Å². The summed E-state index contributed by atoms with van der Waals surface area (Å²) in [6, 6.07) is 13.0. The smallest absolute Gasteiger partial charge is 0.272 e. The molecule has 1 amide bonds. The van der Waals surface area contributed by atoms with Crippen molar-refractivity contribution in [1.29, 1.82) is 0 Å². The van der Waals surface area contributed by atoms with Crippen molar-refractivity contribution >= 4 is 17.4 Å². The predicted molar refractivity (Wildman–Crippen MR) is 95.2 cm³/mol. The summed E-state index contributed by atoms with van der Waals surface area (Å²) in [5, 5.41) is 0. The molecule has 3 rings (SSSR count). The van der Waals surface area contributed by atoms with Crippen LogP contribution in [0.5, 0.6) is 11.6 Å². The van der Waals surface area contributed by atoms with Crippen LogP contribution < -0.4 is 21.3 Å². The normalized spacial score (nSPS) is 10.2. The summed E-state index contributed by atoms with van der Waals surface area (Å²) >= 11 is 0. The second-order valence-electron chi connectivity index (χ2n) is 5.42. The van der Waals surface area contributed by atoms with E-state index in [2.05, 4.69) is 20.8 Å². The van der Waals surface area contributed by atoms with Crippen LogP contribution in [-0.4, -0.2) is 15.9 Å². The quantitative estimate of drug-likeness (QED) is 0.609. The molecule has 0 radical (unpaired) electrons. The first-order chi connectivity index (χ1) is 12.5. The third-order valence-corrected chi connectivity index (χ3v) is 3.50. The number of hydrogen-bond donors (Lipinski definition) is 3. The first-order valence-corrected chi connectivity index (χ1v) is 7.70. The van der Waals surface area contributed by atoms with Gasteiger partial charge in [-0.25, -0.2) is 9.37 Å². The van der Waals surface area contributed by atoms with Crippen LogP contribution in [0.1, 0.15) is 15.9 Å². The van der Waals surface area contributed by atoms with E-state index in [0.29, 0.717) is 5.75 Å². The van der Waals surface area contributed by atoms with E-state index >= 15 is 0 Å². The number of nitrogens with one attached hydrogen (secondary N) is 2. The van der Waals surface area contributed by atoms with Crippen molar-refractivity contribution < 1.29 is 13.9 Å². The van der Waals surface area contributed by atoms with Gasteiger partial charge in [0.15, 0.2) is 5.82 Å². The second kappa shape index (κ2) is 7.47. The molecule has 0 saturated heterocycles. The molecule has 0 fully saturated rings. The molecule has 0 saturated carbocycles. The van der Waals surface area contributed by atoms with Crippen molar-refractivity contribution in [2.45, 2.75) is 6.92 Å². The Morgan fingerprint density at radius 1 is 1.12 bits per heavy atom. The third-order valence-electron chi connectivity index (χ3n) is 3.50. The minimum Gasteiger partial charge on any atom is -0.437 e. The van der Waals surface area contributed by atoms with E-state index in [9.17, 15) is 9.18 Å². The lowest BCUT2D eigenvalue weighted by Gasteiger charge is -2.12. The number of aromatic nitrogens is 2. The molecule has 26 heavy (non-hydrogen) atoms. The zero-order valence-electron chi connectivity index (χ0n) is 13.9. The molecule has 0 aliphatic rings. The largest absolute Gasteiger partial charge is 0.437 e. The minimum absolute atomic E-state index is 0.0990. The number of benzene rings is 2. The highest BCUT2D eigenvalue weighted by Gasteiger charge is 2.13. The number of carbonyl (C=O) groups excluding carboxylic acids is 1. The zero-order valence-corrected chi connectivity index (χ0v) is 13.9. The number of halogens is 1. The number of nitrogens with zero attached hydrogens (tertiary/aromatic N) is 2. The van der Waals surface area contributed by atoms with Crippen LogP contribution in [-0.2, 0) is 0 Å². The highest BCUT2D eigenvalue weighted by Crippen LogP contribution is 2.28. The van der Waals surface area contributed by atoms with Gasteiger partial charge < -0.3 is 10.5 Å². The van der Waals surface area contributed by atoms with Crippen molar-refractivity contribution in [2.24, 2.45) is 0 Å². The number of anilines is 2. The molecule has 7 nitrogen and oxygen atoms in total. The summed E-state index contributed by atoms with van der Waals surface area (Å²) in [6.45, 7) is 1.96. The van der Waals surface area contributed by atoms with E-state index in [0.717, 1.165) is 5.56 Å². The Kier molecular flexibility index (Phi) is 4.93. The maximum atomic E-state index is 13.6. The van der Waals surface area contributed by atoms with Gasteiger partial charge in [0.05, 0.1) is 5.56 Å². The van der Waals surface area contributed by atoms with Crippen molar-refractivity contribution in [3.05, 3.63) is 71.8 Å². The maximum Gasteiger partial charge on any atom is 0.272 e. The van der Waals surface area contributed by atoms with Gasteiger partial charge in [-0.3, -0.25) is 15.6 Å². The Hall–Kier alpha value is -3.68. The van der Waals surface area contributed by atoms with Gasteiger partial charge in [-0.2, -0.15) is 4.98 Å². The number of nitrogens with two attached hydrogens (primary N) is 1. The van der Waals surface area contributed by atoms with Crippen LogP contribution in [0.4, 0.5) is 15.9 Å². The molecule has 0 aliphatic heterocycles. The van der Waals surface area contributed by atoms with Gasteiger partial charge in [-0.05, 0) is 31.2 Å². The fourth-order valence-electron chi connectivity index (χ4n) is 2.11. The Morgan fingerprint density at radius 2 is 1.85 bits per heavy atom. The predicted octanol–water partition coefficient (Wildman–Crippen LogP) is 3.06. The molecule has 132 valence electrons. The van der Waals surface area contributed by atoms with Gasteiger partial charge in [-0.15, -0.1) is 0 Å². The molecule has 0 unspecified atom stereocenters. The lowest BCUT2D eigenvalue weighted by Crippen LogP contribution is -2.31. The van der Waals surface area contributed by atoms with Gasteiger partial charge in [0.1, 0.15) is 23.6 Å². The Morgan fingerprint density at radius 3 is 2.58 bits per heavy atom. The molecule has 0 aliphatic carbocycles. The van der Waals surface area contributed by atoms with Gasteiger partial charge in [-0.1, -0.05) is 29.8 Å². The molecule has 0 bridgehead atoms. The van der Waals surface area contributed by atoms with Gasteiger partial charge in [0, 0.05) is 0 Å². The number of aryl methyl sites for hydroxylation is 1. The van der Waals surface area contributed by atoms with E-state index < -0.39 is 11.7 Å². The van der Waals surface area contributed by atoms with Crippen LogP contribution in [0.2, 0.25) is 0 Å². The lowest BCUT2D eigenvalue weighted by atomic mass is 10.2. The number of nitrogen functional groups attached to an aromatic ring is 1. The van der Waals surface area contributed by atoms with Crippen molar-refractivity contribution in [1.82, 2.24) is 15.4 Å². The number of rotatable bonds is 5. The zero-order chi connectivity index (χ0) is 18.5. The first-order valence-electron chi connectivity index (χ1n) is 7.70. The average molecular weight is 353 g/mol. The molecule has 0 atom stereocenters. The van der Waals surface area contributed by atoms with E-state index in [-0.39, 0.29) is 22.9 Å². The van der Waals surface area contributed by atoms with Crippen LogP contribution in [0, 0.1) is 12.7 Å². The molecule has 0 spiro atoms. The van der Waals surface area contributed by atoms with Crippen molar-refractivity contribution in [2.75, 3.05) is 11.2 Å². The minimum atomic E-state index is -0.665. The average Bonchev–Trinajstić information content (AvgIpc) is 2.64. The Bertz CT molecular complexity index is 931. The number of hydrazine groups is 1. The van der Waals surface area contributed by atoms with Crippen LogP contribution >= 0.6 is 0 Å². The molecular weight excluding hydrogens is 337 g/mol. The summed E-state index contributed by atoms with van der Waals surface area (Å²) in [7, 11) is 0. The molecule has 1 heterocycles. The summed E-state index contributed by atoms with van der Waals surface area (Å²) < 4.78 is 19.2. The molecule has 3 aromatic rings. The first kappa shape index (κ1) is 17.2. The highest BCUT2D eigenvalue weighted by molar-refractivity contribution is 5.95. The number of amides is 1. The summed E-state index contributed by atoms with van der Waals surface area (Å²) in [5.41, 5.74) is 12.0. The fraction of sp³-hybridized carbons (Fsp3) is 0.0556. The number of carbonyl (C=O) groups is 1. The SMILES string of the molecule is Cc1ccc(Oc2ncnc(NNC(=O)c3ccccc3F)c2N)cc1. The fourth-order valence-corrected chi connectivity index (χ4v) is 2.11. The van der Waals surface area contributed by atoms with E-state index in [1.54, 1.807) is 18.2 Å². The van der Waals surface area contributed by atoms with E-state index in [1.165, 1.54) is 24.5 Å². The van der Waals surface area contributed by atoms with Crippen LogP contribution in [0.3, 0.4) is 0 Å². The van der Waals surface area contributed by atoms with Gasteiger partial charge in [0.2, 0.25) is 5.88 Å². The topological polar surface area (TPSA) is 102 Å². The molecular formula is C18H16FN5O2.